The second kappa shape index (κ2) is 8.31. The molecule has 8 heteroatoms. The molecule has 0 unspecified atom stereocenters. The summed E-state index contributed by atoms with van der Waals surface area (Å²) >= 11 is 7.44. The van der Waals surface area contributed by atoms with Gasteiger partial charge in [-0.15, -0.1) is 10.2 Å². The molecule has 0 atom stereocenters. The van der Waals surface area contributed by atoms with Gasteiger partial charge in [0.15, 0.2) is 0 Å². The Kier molecular flexibility index (Phi) is 5.60. The summed E-state index contributed by atoms with van der Waals surface area (Å²) in [4.78, 5) is 17.5. The Balaban J connectivity index is 1.61. The predicted molar refractivity (Wildman–Crippen MR) is 116 cm³/mol. The zero-order valence-electron chi connectivity index (χ0n) is 16.1. The molecule has 0 fully saturated rings. The molecule has 1 amide bonds. The lowest BCUT2D eigenvalue weighted by Crippen LogP contribution is -2.16. The van der Waals surface area contributed by atoms with E-state index in [2.05, 4.69) is 29.4 Å². The molecule has 3 heterocycles. The quantitative estimate of drug-likeness (QED) is 0.477. The summed E-state index contributed by atoms with van der Waals surface area (Å²) in [7, 11) is 0. The third-order valence-corrected chi connectivity index (χ3v) is 5.48. The highest BCUT2D eigenvalue weighted by atomic mass is 35.5. The van der Waals surface area contributed by atoms with Crippen LogP contribution < -0.4 is 5.32 Å². The third-order valence-electron chi connectivity index (χ3n) is 4.37. The van der Waals surface area contributed by atoms with Crippen LogP contribution in [0.15, 0.2) is 48.7 Å². The number of carbonyl (C=O) groups excluding carboxylic acids is 1. The third kappa shape index (κ3) is 4.46. The second-order valence-electron chi connectivity index (χ2n) is 7.17. The molecule has 6 nitrogen and oxygen atoms in total. The fourth-order valence-corrected chi connectivity index (χ4v) is 4.20. The summed E-state index contributed by atoms with van der Waals surface area (Å²) in [5.41, 5.74) is 3.28. The Labute approximate surface area is 177 Å². The summed E-state index contributed by atoms with van der Waals surface area (Å²) in [5, 5.41) is 13.2. The highest BCUT2D eigenvalue weighted by Crippen LogP contribution is 2.27. The monoisotopic (exact) mass is 425 g/mol. The lowest BCUT2D eigenvalue weighted by atomic mass is 10.1. The normalized spacial score (nSPS) is 11.3. The van der Waals surface area contributed by atoms with Crippen molar-refractivity contribution in [3.63, 3.8) is 0 Å². The number of carbonyl (C=O) groups is 1. The minimum Gasteiger partial charge on any atom is -0.303 e. The molecule has 1 aromatic carbocycles. The standard InChI is InChI=1S/C21H20ClN5OS/c1-13(2)11-19-25-26-21(29-19)24-18(28)12-16-20(14-6-8-15(22)9-7-14)23-17-5-3-4-10-27(16)17/h3-10,13H,11-12H2,1-2H3,(H,24,26,28). The van der Waals surface area contributed by atoms with Crippen LogP contribution >= 0.6 is 22.9 Å². The van der Waals surface area contributed by atoms with Crippen LogP contribution in [0.2, 0.25) is 5.02 Å². The van der Waals surface area contributed by atoms with E-state index >= 15 is 0 Å². The fourth-order valence-electron chi connectivity index (χ4n) is 3.11. The molecule has 0 aliphatic heterocycles. The van der Waals surface area contributed by atoms with Crippen LogP contribution in [0, 0.1) is 5.92 Å². The van der Waals surface area contributed by atoms with Gasteiger partial charge < -0.3 is 9.72 Å². The van der Waals surface area contributed by atoms with Gasteiger partial charge in [0, 0.05) is 23.2 Å². The predicted octanol–water partition coefficient (Wildman–Crippen LogP) is 4.89. The van der Waals surface area contributed by atoms with Crippen molar-refractivity contribution in [3.05, 3.63) is 64.4 Å². The number of aromatic nitrogens is 4. The minimum atomic E-state index is -0.155. The number of imidazole rings is 1. The number of benzene rings is 1. The van der Waals surface area contributed by atoms with E-state index in [-0.39, 0.29) is 12.3 Å². The van der Waals surface area contributed by atoms with Gasteiger partial charge in [-0.3, -0.25) is 4.79 Å². The van der Waals surface area contributed by atoms with Crippen LogP contribution in [0.1, 0.15) is 24.5 Å². The van der Waals surface area contributed by atoms with Gasteiger partial charge in [-0.2, -0.15) is 0 Å². The Morgan fingerprint density at radius 2 is 1.97 bits per heavy atom. The maximum absolute atomic E-state index is 12.8. The molecule has 0 spiro atoms. The van der Waals surface area contributed by atoms with Crippen molar-refractivity contribution in [2.45, 2.75) is 26.7 Å². The average molecular weight is 426 g/mol. The number of fused-ring (bicyclic) bond motifs is 1. The molecular weight excluding hydrogens is 406 g/mol. The van der Waals surface area contributed by atoms with Crippen molar-refractivity contribution in [3.8, 4) is 11.3 Å². The van der Waals surface area contributed by atoms with E-state index in [1.165, 1.54) is 11.3 Å². The number of halogens is 1. The lowest BCUT2D eigenvalue weighted by molar-refractivity contribution is -0.115. The van der Waals surface area contributed by atoms with Crippen molar-refractivity contribution in [1.29, 1.82) is 0 Å². The highest BCUT2D eigenvalue weighted by Gasteiger charge is 2.18. The molecule has 0 radical (unpaired) electrons. The van der Waals surface area contributed by atoms with E-state index in [1.807, 2.05) is 53.1 Å². The van der Waals surface area contributed by atoms with Crippen LogP contribution in [0.3, 0.4) is 0 Å². The van der Waals surface area contributed by atoms with E-state index < -0.39 is 0 Å². The van der Waals surface area contributed by atoms with Crippen LogP contribution in [-0.4, -0.2) is 25.5 Å². The van der Waals surface area contributed by atoms with Crippen LogP contribution in [0.4, 0.5) is 5.13 Å². The number of nitrogens with zero attached hydrogens (tertiary/aromatic N) is 4. The number of nitrogens with one attached hydrogen (secondary N) is 1. The van der Waals surface area contributed by atoms with Crippen molar-refractivity contribution in [2.24, 2.45) is 5.92 Å². The molecule has 0 bridgehead atoms. The van der Waals surface area contributed by atoms with Crippen molar-refractivity contribution in [2.75, 3.05) is 5.32 Å². The van der Waals surface area contributed by atoms with Gasteiger partial charge in [-0.1, -0.05) is 55.0 Å². The first-order valence-corrected chi connectivity index (χ1v) is 10.5. The summed E-state index contributed by atoms with van der Waals surface area (Å²) in [5.74, 6) is 0.338. The van der Waals surface area contributed by atoms with Gasteiger partial charge in [0.2, 0.25) is 11.0 Å². The van der Waals surface area contributed by atoms with E-state index in [0.717, 1.165) is 34.0 Å². The smallest absolute Gasteiger partial charge is 0.232 e. The van der Waals surface area contributed by atoms with Crippen molar-refractivity contribution >= 4 is 39.6 Å². The summed E-state index contributed by atoms with van der Waals surface area (Å²) in [6, 6.07) is 13.2. The summed E-state index contributed by atoms with van der Waals surface area (Å²) in [6.07, 6.45) is 2.93. The molecule has 4 aromatic rings. The lowest BCUT2D eigenvalue weighted by Gasteiger charge is -2.06. The average Bonchev–Trinajstić information content (AvgIpc) is 3.26. The van der Waals surface area contributed by atoms with E-state index in [9.17, 15) is 4.79 Å². The van der Waals surface area contributed by atoms with E-state index in [1.54, 1.807) is 0 Å². The van der Waals surface area contributed by atoms with Gasteiger partial charge in [-0.05, 0) is 30.2 Å². The molecule has 0 saturated heterocycles. The Hall–Kier alpha value is -2.77. The van der Waals surface area contributed by atoms with Crippen LogP contribution in [0.5, 0.6) is 0 Å². The molecule has 1 N–H and O–H groups in total. The van der Waals surface area contributed by atoms with Gasteiger partial charge in [0.1, 0.15) is 10.7 Å². The second-order valence-corrected chi connectivity index (χ2v) is 8.67. The zero-order valence-corrected chi connectivity index (χ0v) is 17.7. The Morgan fingerprint density at radius 1 is 1.17 bits per heavy atom. The number of pyridine rings is 1. The highest BCUT2D eigenvalue weighted by molar-refractivity contribution is 7.15. The summed E-state index contributed by atoms with van der Waals surface area (Å²) in [6.45, 7) is 4.26. The molecule has 3 aromatic heterocycles. The van der Waals surface area contributed by atoms with Gasteiger partial charge in [0.25, 0.3) is 0 Å². The zero-order chi connectivity index (χ0) is 20.4. The minimum absolute atomic E-state index is 0.155. The molecule has 0 saturated carbocycles. The Morgan fingerprint density at radius 3 is 2.72 bits per heavy atom. The summed E-state index contributed by atoms with van der Waals surface area (Å²) < 4.78 is 1.94. The fraction of sp³-hybridized carbons (Fsp3) is 0.238. The molecule has 0 aliphatic carbocycles. The van der Waals surface area contributed by atoms with Crippen molar-refractivity contribution < 1.29 is 4.79 Å². The molecule has 4 rings (SSSR count). The molecule has 0 aliphatic rings. The van der Waals surface area contributed by atoms with Gasteiger partial charge >= 0.3 is 0 Å². The van der Waals surface area contributed by atoms with Crippen LogP contribution in [-0.2, 0) is 17.6 Å². The SMILES string of the molecule is CC(C)Cc1nnc(NC(=O)Cc2c(-c3ccc(Cl)cc3)nc3ccccn23)s1. The number of hydrogen-bond donors (Lipinski definition) is 1. The van der Waals surface area contributed by atoms with E-state index in [4.69, 9.17) is 16.6 Å². The number of anilines is 1. The van der Waals surface area contributed by atoms with Gasteiger partial charge in [0.05, 0.1) is 17.8 Å². The maximum Gasteiger partial charge on any atom is 0.232 e. The first kappa shape index (κ1) is 19.5. The van der Waals surface area contributed by atoms with Crippen LogP contribution in [0.25, 0.3) is 16.9 Å². The molecular formula is C21H20ClN5OS. The van der Waals surface area contributed by atoms with Crippen molar-refractivity contribution in [1.82, 2.24) is 19.6 Å². The largest absolute Gasteiger partial charge is 0.303 e. The first-order valence-electron chi connectivity index (χ1n) is 9.33. The number of amides is 1. The maximum atomic E-state index is 12.8. The topological polar surface area (TPSA) is 72.2 Å². The number of hydrogen-bond acceptors (Lipinski definition) is 5. The van der Waals surface area contributed by atoms with E-state index in [0.29, 0.717) is 16.1 Å². The molecule has 148 valence electrons. The first-order chi connectivity index (χ1) is 14.0. The molecule has 29 heavy (non-hydrogen) atoms. The number of rotatable bonds is 6. The van der Waals surface area contributed by atoms with Gasteiger partial charge in [-0.25, -0.2) is 4.98 Å². The Bertz CT molecular complexity index is 1150.